The number of aryl methyl sites for hydroxylation is 1. The molecule has 130 valence electrons. The number of benzene rings is 1. The van der Waals surface area contributed by atoms with Gasteiger partial charge >= 0.3 is 5.97 Å². The van der Waals surface area contributed by atoms with E-state index < -0.39 is 16.0 Å². The first kappa shape index (κ1) is 18.6. The molecule has 0 saturated heterocycles. The van der Waals surface area contributed by atoms with Crippen LogP contribution in [0.1, 0.15) is 22.8 Å². The van der Waals surface area contributed by atoms with E-state index in [1.165, 1.54) is 18.2 Å². The molecule has 0 unspecified atom stereocenters. The van der Waals surface area contributed by atoms with Crippen LogP contribution in [0, 0.1) is 0 Å². The molecule has 0 amide bonds. The number of ether oxygens (including phenoxy) is 1. The number of carbonyl (C=O) groups excluding carboxylic acids is 1. The van der Waals surface area contributed by atoms with E-state index in [1.807, 2.05) is 6.20 Å². The quantitative estimate of drug-likeness (QED) is 0.697. The van der Waals surface area contributed by atoms with Gasteiger partial charge in [0.2, 0.25) is 10.0 Å². The van der Waals surface area contributed by atoms with Crippen LogP contribution in [0.3, 0.4) is 0 Å². The van der Waals surface area contributed by atoms with E-state index in [0.717, 1.165) is 5.56 Å². The lowest BCUT2D eigenvalue weighted by molar-refractivity contribution is 0.0526. The molecule has 7 nitrogen and oxygen atoms in total. The van der Waals surface area contributed by atoms with Crippen LogP contribution in [-0.4, -0.2) is 37.3 Å². The molecule has 0 fully saturated rings. The number of aromatic nitrogens is 2. The van der Waals surface area contributed by atoms with E-state index >= 15 is 0 Å². The minimum Gasteiger partial charge on any atom is -0.462 e. The Morgan fingerprint density at radius 1 is 1.42 bits per heavy atom. The predicted molar refractivity (Wildman–Crippen MR) is 92.2 cm³/mol. The summed E-state index contributed by atoms with van der Waals surface area (Å²) in [5.74, 6) is -0.494. The van der Waals surface area contributed by atoms with Crippen molar-refractivity contribution in [2.24, 2.45) is 7.05 Å². The maximum atomic E-state index is 12.4. The molecule has 0 atom stereocenters. The van der Waals surface area contributed by atoms with Crippen LogP contribution in [0.25, 0.3) is 0 Å². The molecule has 24 heavy (non-hydrogen) atoms. The van der Waals surface area contributed by atoms with E-state index in [1.54, 1.807) is 24.9 Å². The van der Waals surface area contributed by atoms with Crippen molar-refractivity contribution < 1.29 is 17.9 Å². The third kappa shape index (κ3) is 4.65. The van der Waals surface area contributed by atoms with Crippen molar-refractivity contribution in [3.8, 4) is 0 Å². The maximum Gasteiger partial charge on any atom is 0.338 e. The summed E-state index contributed by atoms with van der Waals surface area (Å²) in [6.07, 6.45) is 4.06. The molecule has 1 aromatic heterocycles. The summed E-state index contributed by atoms with van der Waals surface area (Å²) in [6, 6.07) is 4.24. The van der Waals surface area contributed by atoms with Gasteiger partial charge in [0, 0.05) is 24.3 Å². The van der Waals surface area contributed by atoms with Crippen LogP contribution >= 0.6 is 15.9 Å². The Kier molecular flexibility index (Phi) is 6.14. The SMILES string of the molecule is CCOC(=O)c1ccc(S(=O)(=O)NCCc2cnn(C)c2)c(Br)c1. The molecule has 0 aliphatic rings. The van der Waals surface area contributed by atoms with Crippen molar-refractivity contribution in [3.63, 3.8) is 0 Å². The Balaban J connectivity index is 2.06. The number of carbonyl (C=O) groups is 1. The molecule has 2 aromatic rings. The summed E-state index contributed by atoms with van der Waals surface area (Å²) in [6.45, 7) is 2.21. The highest BCUT2D eigenvalue weighted by molar-refractivity contribution is 9.10. The molecular weight excluding hydrogens is 398 g/mol. The first-order chi connectivity index (χ1) is 11.3. The molecule has 1 heterocycles. The zero-order valence-electron chi connectivity index (χ0n) is 13.3. The zero-order valence-corrected chi connectivity index (χ0v) is 15.7. The Morgan fingerprint density at radius 2 is 2.17 bits per heavy atom. The fourth-order valence-electron chi connectivity index (χ4n) is 2.07. The van der Waals surface area contributed by atoms with Crippen molar-refractivity contribution in [2.45, 2.75) is 18.2 Å². The smallest absolute Gasteiger partial charge is 0.338 e. The second-order valence-electron chi connectivity index (χ2n) is 5.04. The first-order valence-corrected chi connectivity index (χ1v) is 9.55. The predicted octanol–water partition coefficient (Wildman–Crippen LogP) is 1.88. The summed E-state index contributed by atoms with van der Waals surface area (Å²) < 4.78 is 34.2. The molecule has 0 aliphatic carbocycles. The molecule has 1 aromatic carbocycles. The summed E-state index contributed by atoms with van der Waals surface area (Å²) >= 11 is 3.20. The minimum absolute atomic E-state index is 0.0711. The molecule has 9 heteroatoms. The van der Waals surface area contributed by atoms with Crippen LogP contribution in [0.5, 0.6) is 0 Å². The molecule has 0 aliphatic heterocycles. The van der Waals surface area contributed by atoms with Crippen molar-refractivity contribution >= 4 is 31.9 Å². The molecule has 0 radical (unpaired) electrons. The van der Waals surface area contributed by atoms with E-state index in [4.69, 9.17) is 4.74 Å². The Bertz CT molecular complexity index is 833. The standard InChI is InChI=1S/C15H18BrN3O4S/c1-3-23-15(20)12-4-5-14(13(16)8-12)24(21,22)18-7-6-11-9-17-19(2)10-11/h4-5,8-10,18H,3,6-7H2,1-2H3. The van der Waals surface area contributed by atoms with Crippen molar-refractivity contribution in [1.29, 1.82) is 0 Å². The molecule has 2 rings (SSSR count). The summed E-state index contributed by atoms with van der Waals surface area (Å²) in [7, 11) is -1.88. The third-order valence-electron chi connectivity index (χ3n) is 3.20. The number of sulfonamides is 1. The van der Waals surface area contributed by atoms with Gasteiger partial charge in [0.25, 0.3) is 0 Å². The highest BCUT2D eigenvalue weighted by Crippen LogP contribution is 2.23. The van der Waals surface area contributed by atoms with Gasteiger partial charge in [-0.2, -0.15) is 5.10 Å². The van der Waals surface area contributed by atoms with Crippen LogP contribution in [0.2, 0.25) is 0 Å². The van der Waals surface area contributed by atoms with Crippen molar-refractivity contribution in [1.82, 2.24) is 14.5 Å². The lowest BCUT2D eigenvalue weighted by Crippen LogP contribution is -2.26. The molecular formula is C15H18BrN3O4S. The van der Waals surface area contributed by atoms with Crippen LogP contribution in [0.15, 0.2) is 40.0 Å². The van der Waals surface area contributed by atoms with Crippen LogP contribution < -0.4 is 4.72 Å². The number of nitrogens with one attached hydrogen (secondary N) is 1. The number of nitrogens with zero attached hydrogens (tertiary/aromatic N) is 2. The van der Waals surface area contributed by atoms with Gasteiger partial charge in [0.1, 0.15) is 0 Å². The summed E-state index contributed by atoms with van der Waals surface area (Å²) in [4.78, 5) is 11.7. The highest BCUT2D eigenvalue weighted by atomic mass is 79.9. The monoisotopic (exact) mass is 415 g/mol. The van der Waals surface area contributed by atoms with Gasteiger partial charge in [0.15, 0.2) is 0 Å². The lowest BCUT2D eigenvalue weighted by Gasteiger charge is -2.09. The number of rotatable bonds is 7. The second kappa shape index (κ2) is 7.91. The van der Waals surface area contributed by atoms with E-state index in [0.29, 0.717) is 10.9 Å². The largest absolute Gasteiger partial charge is 0.462 e. The van der Waals surface area contributed by atoms with Crippen molar-refractivity contribution in [3.05, 3.63) is 46.2 Å². The number of halogens is 1. The fourth-order valence-corrected chi connectivity index (χ4v) is 4.18. The summed E-state index contributed by atoms with van der Waals surface area (Å²) in [5, 5.41) is 4.03. The van der Waals surface area contributed by atoms with Gasteiger partial charge < -0.3 is 4.74 Å². The summed E-state index contributed by atoms with van der Waals surface area (Å²) in [5.41, 5.74) is 1.23. The topological polar surface area (TPSA) is 90.3 Å². The Hall–Kier alpha value is -1.71. The van der Waals surface area contributed by atoms with Crippen LogP contribution in [-0.2, 0) is 28.2 Å². The van der Waals surface area contributed by atoms with E-state index in [9.17, 15) is 13.2 Å². The third-order valence-corrected chi connectivity index (χ3v) is 5.63. The molecule has 0 saturated carbocycles. The van der Waals surface area contributed by atoms with Crippen molar-refractivity contribution in [2.75, 3.05) is 13.2 Å². The highest BCUT2D eigenvalue weighted by Gasteiger charge is 2.19. The Morgan fingerprint density at radius 3 is 2.75 bits per heavy atom. The van der Waals surface area contributed by atoms with Gasteiger partial charge in [-0.3, -0.25) is 4.68 Å². The lowest BCUT2D eigenvalue weighted by atomic mass is 10.2. The molecule has 0 bridgehead atoms. The first-order valence-electron chi connectivity index (χ1n) is 7.27. The normalized spacial score (nSPS) is 11.5. The maximum absolute atomic E-state index is 12.4. The van der Waals surface area contributed by atoms with E-state index in [2.05, 4.69) is 25.8 Å². The minimum atomic E-state index is -3.69. The number of esters is 1. The molecule has 0 spiro atoms. The van der Waals surface area contributed by atoms with E-state index in [-0.39, 0.29) is 23.6 Å². The van der Waals surface area contributed by atoms with Gasteiger partial charge in [-0.25, -0.2) is 17.9 Å². The average molecular weight is 416 g/mol. The van der Waals surface area contributed by atoms with Gasteiger partial charge in [-0.15, -0.1) is 0 Å². The zero-order chi connectivity index (χ0) is 17.7. The van der Waals surface area contributed by atoms with Crippen LogP contribution in [0.4, 0.5) is 0 Å². The molecule has 1 N–H and O–H groups in total. The second-order valence-corrected chi connectivity index (χ2v) is 7.63. The average Bonchev–Trinajstić information content (AvgIpc) is 2.92. The van der Waals surface area contributed by atoms with Gasteiger partial charge in [-0.05, 0) is 53.0 Å². The Labute approximate surface area is 149 Å². The number of hydrogen-bond donors (Lipinski definition) is 1. The van der Waals surface area contributed by atoms with Gasteiger partial charge in [-0.1, -0.05) is 0 Å². The fraction of sp³-hybridized carbons (Fsp3) is 0.333. The number of hydrogen-bond acceptors (Lipinski definition) is 5. The van der Waals surface area contributed by atoms with Gasteiger partial charge in [0.05, 0.1) is 23.3 Å².